The van der Waals surface area contributed by atoms with Crippen molar-refractivity contribution in [1.82, 2.24) is 4.90 Å². The third kappa shape index (κ3) is 30.9. The summed E-state index contributed by atoms with van der Waals surface area (Å²) in [6.45, 7) is 7.85. The molecule has 0 spiro atoms. The number of hydrogen-bond acceptors (Lipinski definition) is 5. The van der Waals surface area contributed by atoms with Crippen molar-refractivity contribution in [3.8, 4) is 0 Å². The van der Waals surface area contributed by atoms with E-state index in [1.165, 1.54) is 128 Å². The van der Waals surface area contributed by atoms with Gasteiger partial charge in [0.05, 0.1) is 0 Å². The monoisotopic (exact) mass is 624 g/mol. The van der Waals surface area contributed by atoms with Gasteiger partial charge in [0.2, 0.25) is 0 Å². The summed E-state index contributed by atoms with van der Waals surface area (Å²) in [7, 11) is 4.04. The van der Waals surface area contributed by atoms with Crippen LogP contribution < -0.4 is 0 Å². The van der Waals surface area contributed by atoms with E-state index in [1.54, 1.807) is 0 Å². The second-order valence-electron chi connectivity index (χ2n) is 13.9. The number of hydrogen-bond donors (Lipinski definition) is 0. The maximum atomic E-state index is 13.0. The van der Waals surface area contributed by atoms with Crippen molar-refractivity contribution in [2.75, 3.05) is 27.2 Å². The van der Waals surface area contributed by atoms with Crippen molar-refractivity contribution in [1.29, 1.82) is 0 Å². The van der Waals surface area contributed by atoms with Crippen LogP contribution in [0, 0.1) is 5.92 Å². The molecule has 5 nitrogen and oxygen atoms in total. The highest BCUT2D eigenvalue weighted by atomic mass is 16.6. The Morgan fingerprint density at radius 3 is 1.39 bits per heavy atom. The number of unbranched alkanes of at least 4 members (excludes halogenated alkanes) is 19. The molecule has 0 N–H and O–H groups in total. The molecule has 0 bridgehead atoms. The highest BCUT2D eigenvalue weighted by Gasteiger charge is 2.19. The van der Waals surface area contributed by atoms with Crippen LogP contribution in [0.5, 0.6) is 0 Å². The van der Waals surface area contributed by atoms with E-state index in [2.05, 4.69) is 25.7 Å². The zero-order chi connectivity index (χ0) is 32.5. The Morgan fingerprint density at radius 1 is 0.523 bits per heavy atom. The summed E-state index contributed by atoms with van der Waals surface area (Å²) in [6.07, 6.45) is 32.7. The Balaban J connectivity index is 4.61. The molecule has 0 aromatic heterocycles. The summed E-state index contributed by atoms with van der Waals surface area (Å²) in [4.78, 5) is 27.6. The summed E-state index contributed by atoms with van der Waals surface area (Å²) in [6, 6.07) is 0. The molecule has 2 atom stereocenters. The molecule has 262 valence electrons. The minimum atomic E-state index is -0.324. The zero-order valence-corrected chi connectivity index (χ0v) is 30.4. The van der Waals surface area contributed by atoms with Gasteiger partial charge in [0.15, 0.2) is 0 Å². The minimum Gasteiger partial charge on any atom is -0.462 e. The van der Waals surface area contributed by atoms with E-state index in [4.69, 9.17) is 9.47 Å². The van der Waals surface area contributed by atoms with Crippen LogP contribution in [-0.2, 0) is 19.1 Å². The number of carbonyl (C=O) groups is 2. The summed E-state index contributed by atoms with van der Waals surface area (Å²) in [5.74, 6) is 0.137. The van der Waals surface area contributed by atoms with Crippen LogP contribution >= 0.6 is 0 Å². The van der Waals surface area contributed by atoms with Gasteiger partial charge in [0.25, 0.3) is 0 Å². The quantitative estimate of drug-likeness (QED) is 0.0527. The third-order valence-electron chi connectivity index (χ3n) is 8.98. The molecule has 0 aliphatic carbocycles. The van der Waals surface area contributed by atoms with Crippen LogP contribution in [0.2, 0.25) is 0 Å². The SMILES string of the molecule is CCCCCCCCCCCCCCC(COC(=O)CC(CCCCCC)CCCCCCCC)OC(=O)CCCN(C)C. The fourth-order valence-corrected chi connectivity index (χ4v) is 6.08. The summed E-state index contributed by atoms with van der Waals surface area (Å²) in [5, 5.41) is 0. The van der Waals surface area contributed by atoms with Crippen LogP contribution in [0.25, 0.3) is 0 Å². The minimum absolute atomic E-state index is 0.111. The van der Waals surface area contributed by atoms with Crippen molar-refractivity contribution in [2.24, 2.45) is 5.92 Å². The maximum absolute atomic E-state index is 13.0. The molecule has 0 heterocycles. The van der Waals surface area contributed by atoms with E-state index in [0.717, 1.165) is 45.1 Å². The lowest BCUT2D eigenvalue weighted by atomic mass is 9.91. The lowest BCUT2D eigenvalue weighted by Crippen LogP contribution is -2.26. The van der Waals surface area contributed by atoms with E-state index in [1.807, 2.05) is 14.1 Å². The van der Waals surface area contributed by atoms with Crippen LogP contribution in [0.15, 0.2) is 0 Å². The van der Waals surface area contributed by atoms with Crippen LogP contribution in [0.3, 0.4) is 0 Å². The first-order valence-corrected chi connectivity index (χ1v) is 19.4. The first-order chi connectivity index (χ1) is 21.4. The summed E-state index contributed by atoms with van der Waals surface area (Å²) in [5.41, 5.74) is 0. The lowest BCUT2D eigenvalue weighted by Gasteiger charge is -2.20. The van der Waals surface area contributed by atoms with E-state index < -0.39 is 0 Å². The Morgan fingerprint density at radius 2 is 0.932 bits per heavy atom. The Hall–Kier alpha value is -1.10. The smallest absolute Gasteiger partial charge is 0.306 e. The summed E-state index contributed by atoms with van der Waals surface area (Å²) < 4.78 is 11.7. The Kier molecular flexibility index (Phi) is 32.4. The van der Waals surface area contributed by atoms with Gasteiger partial charge < -0.3 is 14.4 Å². The first-order valence-electron chi connectivity index (χ1n) is 19.4. The van der Waals surface area contributed by atoms with Crippen molar-refractivity contribution >= 4 is 11.9 Å². The second kappa shape index (κ2) is 33.3. The van der Waals surface area contributed by atoms with E-state index in [-0.39, 0.29) is 24.6 Å². The van der Waals surface area contributed by atoms with Crippen molar-refractivity contribution < 1.29 is 19.1 Å². The highest BCUT2D eigenvalue weighted by molar-refractivity contribution is 5.70. The van der Waals surface area contributed by atoms with Crippen molar-refractivity contribution in [3.63, 3.8) is 0 Å². The molecule has 0 aliphatic rings. The third-order valence-corrected chi connectivity index (χ3v) is 8.98. The largest absolute Gasteiger partial charge is 0.462 e. The number of rotatable bonds is 34. The molecule has 0 radical (unpaired) electrons. The Bertz CT molecular complexity index is 623. The van der Waals surface area contributed by atoms with Crippen LogP contribution in [-0.4, -0.2) is 50.2 Å². The topological polar surface area (TPSA) is 55.8 Å². The Labute approximate surface area is 275 Å². The fourth-order valence-electron chi connectivity index (χ4n) is 6.08. The molecule has 0 saturated carbocycles. The van der Waals surface area contributed by atoms with Gasteiger partial charge in [-0.1, -0.05) is 156 Å². The normalized spacial score (nSPS) is 12.9. The predicted molar refractivity (Wildman–Crippen MR) is 189 cm³/mol. The number of esters is 2. The van der Waals surface area contributed by atoms with Gasteiger partial charge in [-0.3, -0.25) is 9.59 Å². The maximum Gasteiger partial charge on any atom is 0.306 e. The van der Waals surface area contributed by atoms with Crippen LogP contribution in [0.4, 0.5) is 0 Å². The molecule has 0 saturated heterocycles. The van der Waals surface area contributed by atoms with Gasteiger partial charge in [-0.2, -0.15) is 0 Å². The first kappa shape index (κ1) is 42.9. The molecule has 0 amide bonds. The van der Waals surface area contributed by atoms with Gasteiger partial charge in [-0.15, -0.1) is 0 Å². The van der Waals surface area contributed by atoms with Crippen LogP contribution in [0.1, 0.15) is 201 Å². The molecule has 5 heteroatoms. The molecule has 0 aromatic rings. The number of nitrogens with zero attached hydrogens (tertiary/aromatic N) is 1. The molecule has 0 rings (SSSR count). The van der Waals surface area contributed by atoms with Crippen molar-refractivity contribution in [3.05, 3.63) is 0 Å². The predicted octanol–water partition coefficient (Wildman–Crippen LogP) is 11.6. The standard InChI is InChI=1S/C39H77NO4/c1-6-9-12-15-17-18-19-20-21-22-24-27-31-37(44-38(41)32-28-33-40(4)5)35-43-39(42)34-36(29-25-14-11-8-3)30-26-23-16-13-10-7-2/h36-37H,6-35H2,1-5H3. The van der Waals surface area contributed by atoms with Gasteiger partial charge in [-0.25, -0.2) is 0 Å². The molecular weight excluding hydrogens is 546 g/mol. The lowest BCUT2D eigenvalue weighted by molar-refractivity contribution is -0.160. The average Bonchev–Trinajstić information content (AvgIpc) is 2.99. The second-order valence-corrected chi connectivity index (χ2v) is 13.9. The molecule has 2 unspecified atom stereocenters. The highest BCUT2D eigenvalue weighted by Crippen LogP contribution is 2.23. The van der Waals surface area contributed by atoms with Gasteiger partial charge in [0.1, 0.15) is 12.7 Å². The van der Waals surface area contributed by atoms with E-state index in [0.29, 0.717) is 18.8 Å². The average molecular weight is 624 g/mol. The van der Waals surface area contributed by atoms with Gasteiger partial charge >= 0.3 is 11.9 Å². The zero-order valence-electron chi connectivity index (χ0n) is 30.4. The number of ether oxygens (including phenoxy) is 2. The molecule has 44 heavy (non-hydrogen) atoms. The molecular formula is C39H77NO4. The fraction of sp³-hybridized carbons (Fsp3) is 0.949. The number of carbonyl (C=O) groups excluding carboxylic acids is 2. The van der Waals surface area contributed by atoms with Crippen molar-refractivity contribution in [2.45, 2.75) is 207 Å². The van der Waals surface area contributed by atoms with E-state index in [9.17, 15) is 9.59 Å². The molecule has 0 aromatic carbocycles. The van der Waals surface area contributed by atoms with Gasteiger partial charge in [0, 0.05) is 12.8 Å². The molecule has 0 fully saturated rings. The van der Waals surface area contributed by atoms with Gasteiger partial charge in [-0.05, 0) is 58.7 Å². The van der Waals surface area contributed by atoms with E-state index >= 15 is 0 Å². The molecule has 0 aliphatic heterocycles. The summed E-state index contributed by atoms with van der Waals surface area (Å²) >= 11 is 0.